The highest BCUT2D eigenvalue weighted by molar-refractivity contribution is 6.30. The van der Waals surface area contributed by atoms with E-state index in [2.05, 4.69) is 5.32 Å². The zero-order chi connectivity index (χ0) is 19.8. The van der Waals surface area contributed by atoms with E-state index in [4.69, 9.17) is 16.3 Å². The van der Waals surface area contributed by atoms with Gasteiger partial charge in [0, 0.05) is 18.6 Å². The van der Waals surface area contributed by atoms with E-state index in [1.807, 2.05) is 38.1 Å². The lowest BCUT2D eigenvalue weighted by Gasteiger charge is -2.30. The van der Waals surface area contributed by atoms with Crippen molar-refractivity contribution < 1.29 is 14.3 Å². The quantitative estimate of drug-likeness (QED) is 0.751. The molecule has 0 unspecified atom stereocenters. The molecule has 0 heterocycles. The summed E-state index contributed by atoms with van der Waals surface area (Å²) in [7, 11) is 1.57. The van der Waals surface area contributed by atoms with Gasteiger partial charge in [-0.25, -0.2) is 0 Å². The monoisotopic (exact) mass is 388 g/mol. The molecule has 0 aliphatic heterocycles. The third-order valence-corrected chi connectivity index (χ3v) is 4.50. The largest absolute Gasteiger partial charge is 0.484 e. The van der Waals surface area contributed by atoms with Crippen LogP contribution in [0.15, 0.2) is 48.5 Å². The van der Waals surface area contributed by atoms with Crippen LogP contribution in [0.1, 0.15) is 24.5 Å². The molecule has 27 heavy (non-hydrogen) atoms. The number of hydrogen-bond acceptors (Lipinski definition) is 3. The van der Waals surface area contributed by atoms with Crippen LogP contribution in [-0.2, 0) is 16.1 Å². The van der Waals surface area contributed by atoms with Crippen LogP contribution < -0.4 is 10.1 Å². The Labute approximate surface area is 165 Å². The van der Waals surface area contributed by atoms with Crippen LogP contribution in [-0.4, -0.2) is 36.4 Å². The number of aryl methyl sites for hydroxylation is 1. The third-order valence-electron chi connectivity index (χ3n) is 4.24. The predicted molar refractivity (Wildman–Crippen MR) is 107 cm³/mol. The molecule has 144 valence electrons. The lowest BCUT2D eigenvalue weighted by atomic mass is 10.1. The molecule has 0 spiro atoms. The molecule has 0 aliphatic carbocycles. The number of benzene rings is 2. The van der Waals surface area contributed by atoms with Crippen LogP contribution in [0.25, 0.3) is 0 Å². The van der Waals surface area contributed by atoms with Crippen molar-refractivity contribution in [1.29, 1.82) is 0 Å². The first-order valence-electron chi connectivity index (χ1n) is 8.89. The van der Waals surface area contributed by atoms with Crippen molar-refractivity contribution in [3.05, 3.63) is 64.7 Å². The number of ether oxygens (including phenoxy) is 1. The van der Waals surface area contributed by atoms with Crippen molar-refractivity contribution in [3.63, 3.8) is 0 Å². The molecule has 2 aromatic rings. The molecule has 0 fully saturated rings. The van der Waals surface area contributed by atoms with Crippen LogP contribution in [0.3, 0.4) is 0 Å². The Morgan fingerprint density at radius 1 is 1.19 bits per heavy atom. The maximum atomic E-state index is 12.9. The zero-order valence-electron chi connectivity index (χ0n) is 15.9. The Bertz CT molecular complexity index is 777. The average molecular weight is 389 g/mol. The van der Waals surface area contributed by atoms with Gasteiger partial charge in [-0.05, 0) is 43.2 Å². The van der Waals surface area contributed by atoms with Crippen LogP contribution in [0.4, 0.5) is 0 Å². The molecule has 1 atom stereocenters. The minimum Gasteiger partial charge on any atom is -0.484 e. The molecule has 2 aromatic carbocycles. The molecule has 1 N–H and O–H groups in total. The molecule has 5 nitrogen and oxygen atoms in total. The van der Waals surface area contributed by atoms with Gasteiger partial charge in [0.25, 0.3) is 5.91 Å². The zero-order valence-corrected chi connectivity index (χ0v) is 16.6. The first-order chi connectivity index (χ1) is 12.9. The maximum Gasteiger partial charge on any atom is 0.261 e. The summed E-state index contributed by atoms with van der Waals surface area (Å²) < 4.78 is 5.59. The van der Waals surface area contributed by atoms with Gasteiger partial charge in [0.2, 0.25) is 5.91 Å². The fourth-order valence-corrected chi connectivity index (χ4v) is 2.98. The Morgan fingerprint density at radius 3 is 2.48 bits per heavy atom. The van der Waals surface area contributed by atoms with Crippen molar-refractivity contribution in [2.24, 2.45) is 0 Å². The van der Waals surface area contributed by atoms with Gasteiger partial charge in [-0.2, -0.15) is 0 Å². The second-order valence-electron chi connectivity index (χ2n) is 6.29. The molecule has 2 amide bonds. The van der Waals surface area contributed by atoms with Crippen LogP contribution in [0.5, 0.6) is 5.75 Å². The van der Waals surface area contributed by atoms with Gasteiger partial charge in [0.15, 0.2) is 6.61 Å². The minimum absolute atomic E-state index is 0.152. The van der Waals surface area contributed by atoms with E-state index >= 15 is 0 Å². The average Bonchev–Trinajstić information content (AvgIpc) is 2.67. The summed E-state index contributed by atoms with van der Waals surface area (Å²) in [5.74, 6) is 0.114. The number of nitrogens with one attached hydrogen (secondary N) is 1. The fraction of sp³-hybridized carbons (Fsp3) is 0.333. The number of carbonyl (C=O) groups is 2. The first kappa shape index (κ1) is 20.8. The topological polar surface area (TPSA) is 58.6 Å². The van der Waals surface area contributed by atoms with E-state index in [9.17, 15) is 9.59 Å². The molecule has 0 bridgehead atoms. The Balaban J connectivity index is 2.17. The van der Waals surface area contributed by atoms with E-state index in [0.29, 0.717) is 23.7 Å². The van der Waals surface area contributed by atoms with Gasteiger partial charge in [0.1, 0.15) is 11.8 Å². The number of hydrogen-bond donors (Lipinski definition) is 1. The van der Waals surface area contributed by atoms with Crippen molar-refractivity contribution in [3.8, 4) is 5.75 Å². The highest BCUT2D eigenvalue weighted by Gasteiger charge is 2.28. The van der Waals surface area contributed by atoms with Crippen LogP contribution in [0, 0.1) is 6.92 Å². The summed E-state index contributed by atoms with van der Waals surface area (Å²) in [4.78, 5) is 26.8. The second kappa shape index (κ2) is 9.97. The van der Waals surface area contributed by atoms with Crippen LogP contribution in [0.2, 0.25) is 5.02 Å². The second-order valence-corrected chi connectivity index (χ2v) is 6.73. The van der Waals surface area contributed by atoms with Crippen molar-refractivity contribution >= 4 is 23.4 Å². The Kier molecular flexibility index (Phi) is 7.67. The van der Waals surface area contributed by atoms with E-state index in [1.165, 1.54) is 0 Å². The molecule has 0 saturated carbocycles. The summed E-state index contributed by atoms with van der Waals surface area (Å²) in [5, 5.41) is 3.24. The first-order valence-corrected chi connectivity index (χ1v) is 9.27. The number of rotatable bonds is 8. The van der Waals surface area contributed by atoms with E-state index in [0.717, 1.165) is 11.1 Å². The van der Waals surface area contributed by atoms with Gasteiger partial charge in [0.05, 0.1) is 0 Å². The van der Waals surface area contributed by atoms with Crippen molar-refractivity contribution in [2.45, 2.75) is 32.9 Å². The highest BCUT2D eigenvalue weighted by Crippen LogP contribution is 2.17. The summed E-state index contributed by atoms with van der Waals surface area (Å²) in [6.07, 6.45) is 0.512. The number of likely N-dealkylation sites (N-methyl/N-ethyl adjacent to an activating group) is 1. The predicted octanol–water partition coefficient (Wildman–Crippen LogP) is 3.58. The summed E-state index contributed by atoms with van der Waals surface area (Å²) in [5.41, 5.74) is 2.07. The molecule has 0 saturated heterocycles. The van der Waals surface area contributed by atoms with E-state index in [-0.39, 0.29) is 18.4 Å². The minimum atomic E-state index is -0.558. The van der Waals surface area contributed by atoms with Gasteiger partial charge in [-0.1, -0.05) is 48.4 Å². The number of nitrogens with zero attached hydrogens (tertiary/aromatic N) is 1. The van der Waals surface area contributed by atoms with E-state index in [1.54, 1.807) is 36.2 Å². The normalized spacial score (nSPS) is 11.6. The Morgan fingerprint density at radius 2 is 1.89 bits per heavy atom. The third kappa shape index (κ3) is 6.00. The number of halogens is 1. The molecule has 0 aromatic heterocycles. The van der Waals surface area contributed by atoms with Crippen molar-refractivity contribution in [2.75, 3.05) is 13.7 Å². The summed E-state index contributed by atoms with van der Waals surface area (Å²) >= 11 is 5.86. The standard InChI is InChI=1S/C21H25ClN2O3/c1-4-19(21(26)23-3)24(13-16-7-5-6-15(2)12-16)20(25)14-27-18-10-8-17(22)9-11-18/h5-12,19H,4,13-14H2,1-3H3,(H,23,26)/t19-/m0/s1. The SMILES string of the molecule is CC[C@@H](C(=O)NC)N(Cc1cccc(C)c1)C(=O)COc1ccc(Cl)cc1. The van der Waals surface area contributed by atoms with Crippen molar-refractivity contribution in [1.82, 2.24) is 10.2 Å². The van der Waals surface area contributed by atoms with Crippen LogP contribution >= 0.6 is 11.6 Å². The lowest BCUT2D eigenvalue weighted by molar-refractivity contribution is -0.142. The van der Waals surface area contributed by atoms with Gasteiger partial charge >= 0.3 is 0 Å². The molecule has 2 rings (SSSR count). The maximum absolute atomic E-state index is 12.9. The molecule has 0 aliphatic rings. The summed E-state index contributed by atoms with van der Waals surface area (Å²) in [6, 6.07) is 14.1. The highest BCUT2D eigenvalue weighted by atomic mass is 35.5. The fourth-order valence-electron chi connectivity index (χ4n) is 2.85. The molecular weight excluding hydrogens is 364 g/mol. The van der Waals surface area contributed by atoms with Gasteiger partial charge in [-0.3, -0.25) is 9.59 Å². The number of carbonyl (C=O) groups excluding carboxylic acids is 2. The lowest BCUT2D eigenvalue weighted by Crippen LogP contribution is -2.49. The van der Waals surface area contributed by atoms with Gasteiger partial charge < -0.3 is 15.0 Å². The summed E-state index contributed by atoms with van der Waals surface area (Å²) in [6.45, 7) is 4.07. The van der Waals surface area contributed by atoms with Gasteiger partial charge in [-0.15, -0.1) is 0 Å². The smallest absolute Gasteiger partial charge is 0.261 e. The molecule has 6 heteroatoms. The number of amides is 2. The Hall–Kier alpha value is -2.53. The molecule has 0 radical (unpaired) electrons. The molecular formula is C21H25ClN2O3. The van der Waals surface area contributed by atoms with E-state index < -0.39 is 6.04 Å².